The first-order valence-corrected chi connectivity index (χ1v) is 6.52. The molecule has 0 bridgehead atoms. The smallest absolute Gasteiger partial charge is 0.313 e. The van der Waals surface area contributed by atoms with E-state index in [0.29, 0.717) is 20.9 Å². The molecule has 18 heavy (non-hydrogen) atoms. The molecule has 0 saturated heterocycles. The van der Waals surface area contributed by atoms with E-state index in [9.17, 15) is 4.79 Å². The van der Waals surface area contributed by atoms with Crippen LogP contribution in [0.25, 0.3) is 5.69 Å². The van der Waals surface area contributed by atoms with Gasteiger partial charge < -0.3 is 5.11 Å². The van der Waals surface area contributed by atoms with E-state index in [0.717, 1.165) is 11.8 Å². The largest absolute Gasteiger partial charge is 0.481 e. The van der Waals surface area contributed by atoms with Gasteiger partial charge in [0.25, 0.3) is 0 Å². The summed E-state index contributed by atoms with van der Waals surface area (Å²) in [6.07, 6.45) is 1.47. The van der Waals surface area contributed by atoms with Crippen molar-refractivity contribution in [3.05, 3.63) is 34.6 Å². The van der Waals surface area contributed by atoms with Crippen molar-refractivity contribution in [1.82, 2.24) is 14.8 Å². The molecule has 8 heteroatoms. The molecule has 1 aromatic carbocycles. The number of halogens is 2. The molecular formula is C10H7Cl2N3O2S. The number of hydrogen-bond acceptors (Lipinski definition) is 4. The molecule has 2 aromatic rings. The van der Waals surface area contributed by atoms with Crippen molar-refractivity contribution < 1.29 is 9.90 Å². The van der Waals surface area contributed by atoms with E-state index < -0.39 is 5.97 Å². The van der Waals surface area contributed by atoms with Crippen molar-refractivity contribution in [3.8, 4) is 5.69 Å². The highest BCUT2D eigenvalue weighted by Gasteiger charge is 2.11. The maximum atomic E-state index is 10.5. The summed E-state index contributed by atoms with van der Waals surface area (Å²) < 4.78 is 1.62. The van der Waals surface area contributed by atoms with Crippen molar-refractivity contribution in [2.75, 3.05) is 5.75 Å². The van der Waals surface area contributed by atoms with E-state index >= 15 is 0 Å². The summed E-state index contributed by atoms with van der Waals surface area (Å²) >= 11 is 12.9. The standard InChI is InChI=1S/C10H7Cl2N3O2S/c11-6-1-2-8(7(12)3-6)15-5-13-14-10(15)18-4-9(16)17/h1-3,5H,4H2,(H,16,17). The van der Waals surface area contributed by atoms with Gasteiger partial charge in [-0.3, -0.25) is 9.36 Å². The number of hydrogen-bond donors (Lipinski definition) is 1. The number of carboxylic acid groups (broad SMARTS) is 1. The van der Waals surface area contributed by atoms with Crippen LogP contribution in [-0.2, 0) is 4.79 Å². The van der Waals surface area contributed by atoms with Gasteiger partial charge in [-0.25, -0.2) is 0 Å². The lowest BCUT2D eigenvalue weighted by Crippen LogP contribution is -2.01. The Morgan fingerprint density at radius 1 is 1.44 bits per heavy atom. The highest BCUT2D eigenvalue weighted by molar-refractivity contribution is 7.99. The molecular weight excluding hydrogens is 297 g/mol. The average molecular weight is 304 g/mol. The van der Waals surface area contributed by atoms with Crippen LogP contribution in [0.3, 0.4) is 0 Å². The molecule has 1 N–H and O–H groups in total. The molecule has 1 heterocycles. The number of aliphatic carboxylic acids is 1. The van der Waals surface area contributed by atoms with Crippen LogP contribution in [0.5, 0.6) is 0 Å². The fourth-order valence-corrected chi connectivity index (χ4v) is 2.43. The Kier molecular flexibility index (Phi) is 4.11. The van der Waals surface area contributed by atoms with Crippen LogP contribution in [-0.4, -0.2) is 31.6 Å². The minimum absolute atomic E-state index is 0.0934. The summed E-state index contributed by atoms with van der Waals surface area (Å²) in [5.41, 5.74) is 0.652. The Hall–Kier alpha value is -1.24. The Balaban J connectivity index is 2.33. The number of nitrogens with zero attached hydrogens (tertiary/aromatic N) is 3. The van der Waals surface area contributed by atoms with Gasteiger partial charge in [0.1, 0.15) is 6.33 Å². The molecule has 0 aliphatic carbocycles. The van der Waals surface area contributed by atoms with Gasteiger partial charge in [-0.05, 0) is 18.2 Å². The summed E-state index contributed by atoms with van der Waals surface area (Å²) in [6, 6.07) is 5.01. The summed E-state index contributed by atoms with van der Waals surface area (Å²) in [6.45, 7) is 0. The third-order valence-corrected chi connectivity index (χ3v) is 3.48. The molecule has 2 rings (SSSR count). The minimum Gasteiger partial charge on any atom is -0.481 e. The van der Waals surface area contributed by atoms with Crippen LogP contribution in [0, 0.1) is 0 Å². The van der Waals surface area contributed by atoms with Crippen molar-refractivity contribution in [2.24, 2.45) is 0 Å². The van der Waals surface area contributed by atoms with Gasteiger partial charge >= 0.3 is 5.97 Å². The van der Waals surface area contributed by atoms with E-state index in [2.05, 4.69) is 10.2 Å². The zero-order valence-corrected chi connectivity index (χ0v) is 11.2. The van der Waals surface area contributed by atoms with Gasteiger partial charge in [0.2, 0.25) is 0 Å². The van der Waals surface area contributed by atoms with Crippen molar-refractivity contribution in [1.29, 1.82) is 0 Å². The lowest BCUT2D eigenvalue weighted by atomic mass is 10.3. The van der Waals surface area contributed by atoms with Crippen LogP contribution in [0.2, 0.25) is 10.0 Å². The zero-order valence-electron chi connectivity index (χ0n) is 8.88. The SMILES string of the molecule is O=C(O)CSc1nncn1-c1ccc(Cl)cc1Cl. The molecule has 0 aliphatic heterocycles. The van der Waals surface area contributed by atoms with Crippen molar-refractivity contribution in [2.45, 2.75) is 5.16 Å². The second-order valence-corrected chi connectivity index (χ2v) is 5.05. The molecule has 0 saturated carbocycles. The molecule has 5 nitrogen and oxygen atoms in total. The monoisotopic (exact) mass is 303 g/mol. The third kappa shape index (κ3) is 2.95. The van der Waals surface area contributed by atoms with Gasteiger partial charge in [0.05, 0.1) is 16.5 Å². The van der Waals surface area contributed by atoms with E-state index in [4.69, 9.17) is 28.3 Å². The summed E-state index contributed by atoms with van der Waals surface area (Å²) in [5, 5.41) is 17.7. The van der Waals surface area contributed by atoms with E-state index in [1.54, 1.807) is 22.8 Å². The summed E-state index contributed by atoms with van der Waals surface area (Å²) in [5.74, 6) is -1.01. The van der Waals surface area contributed by atoms with Crippen LogP contribution in [0.15, 0.2) is 29.7 Å². The topological polar surface area (TPSA) is 68.0 Å². The third-order valence-electron chi connectivity index (χ3n) is 2.01. The molecule has 94 valence electrons. The second-order valence-electron chi connectivity index (χ2n) is 3.26. The highest BCUT2D eigenvalue weighted by Crippen LogP contribution is 2.27. The Bertz CT molecular complexity index is 588. The Morgan fingerprint density at radius 2 is 2.22 bits per heavy atom. The number of thioether (sulfide) groups is 1. The first kappa shape index (κ1) is 13.2. The number of carbonyl (C=O) groups is 1. The van der Waals surface area contributed by atoms with Gasteiger partial charge in [0.15, 0.2) is 5.16 Å². The maximum absolute atomic E-state index is 10.5. The number of benzene rings is 1. The molecule has 0 radical (unpaired) electrons. The van der Waals surface area contributed by atoms with Crippen LogP contribution >= 0.6 is 35.0 Å². The quantitative estimate of drug-likeness (QED) is 0.880. The molecule has 0 aliphatic rings. The number of rotatable bonds is 4. The normalized spacial score (nSPS) is 10.6. The molecule has 0 atom stereocenters. The van der Waals surface area contributed by atoms with Crippen molar-refractivity contribution in [3.63, 3.8) is 0 Å². The lowest BCUT2D eigenvalue weighted by molar-refractivity contribution is -0.133. The Labute approximate surface area is 117 Å². The van der Waals surface area contributed by atoms with Crippen LogP contribution in [0.4, 0.5) is 0 Å². The average Bonchev–Trinajstić information content (AvgIpc) is 2.74. The maximum Gasteiger partial charge on any atom is 0.313 e. The van der Waals surface area contributed by atoms with Gasteiger partial charge in [0, 0.05) is 5.02 Å². The number of aromatic nitrogens is 3. The van der Waals surface area contributed by atoms with Crippen molar-refractivity contribution >= 4 is 40.9 Å². The van der Waals surface area contributed by atoms with Gasteiger partial charge in [-0.1, -0.05) is 35.0 Å². The van der Waals surface area contributed by atoms with E-state index in [1.807, 2.05) is 0 Å². The predicted octanol–water partition coefficient (Wildman–Crippen LogP) is 2.75. The predicted molar refractivity (Wildman–Crippen MR) is 69.7 cm³/mol. The molecule has 0 fully saturated rings. The lowest BCUT2D eigenvalue weighted by Gasteiger charge is -2.07. The van der Waals surface area contributed by atoms with Gasteiger partial charge in [-0.2, -0.15) is 0 Å². The fraction of sp³-hybridized carbons (Fsp3) is 0.100. The first-order chi connectivity index (χ1) is 8.58. The Morgan fingerprint density at radius 3 is 2.89 bits per heavy atom. The summed E-state index contributed by atoms with van der Waals surface area (Å²) in [7, 11) is 0. The molecule has 0 amide bonds. The minimum atomic E-state index is -0.920. The van der Waals surface area contributed by atoms with E-state index in [1.165, 1.54) is 6.33 Å². The molecule has 0 unspecified atom stereocenters. The zero-order chi connectivity index (χ0) is 13.1. The fourth-order valence-electron chi connectivity index (χ4n) is 1.29. The van der Waals surface area contributed by atoms with Gasteiger partial charge in [-0.15, -0.1) is 10.2 Å². The number of carboxylic acids is 1. The van der Waals surface area contributed by atoms with Crippen LogP contribution in [0.1, 0.15) is 0 Å². The molecule has 0 spiro atoms. The highest BCUT2D eigenvalue weighted by atomic mass is 35.5. The van der Waals surface area contributed by atoms with E-state index in [-0.39, 0.29) is 5.75 Å². The summed E-state index contributed by atoms with van der Waals surface area (Å²) in [4.78, 5) is 10.5. The van der Waals surface area contributed by atoms with Crippen LogP contribution < -0.4 is 0 Å². The second kappa shape index (κ2) is 5.60. The first-order valence-electron chi connectivity index (χ1n) is 4.78. The molecule has 1 aromatic heterocycles.